The first kappa shape index (κ1) is 24.9. The molecule has 0 radical (unpaired) electrons. The first-order chi connectivity index (χ1) is 15.9. The molecule has 3 aromatic rings. The number of halogens is 2. The molecule has 0 saturated heterocycles. The van der Waals surface area contributed by atoms with Crippen molar-refractivity contribution in [2.24, 2.45) is 5.92 Å². The predicted octanol–water partition coefficient (Wildman–Crippen LogP) is 4.97. The molecule has 0 aliphatic heterocycles. The Balaban J connectivity index is 1.71. The number of esters is 1. The van der Waals surface area contributed by atoms with E-state index in [2.05, 4.69) is 10.3 Å². The van der Waals surface area contributed by atoms with Crippen LogP contribution in [0.3, 0.4) is 0 Å². The molecule has 33 heavy (non-hydrogen) atoms. The van der Waals surface area contributed by atoms with Crippen molar-refractivity contribution in [3.8, 4) is 0 Å². The number of ether oxygens (including phenoxy) is 1. The van der Waals surface area contributed by atoms with Gasteiger partial charge < -0.3 is 10.1 Å². The SMILES string of the molecule is COC(=O)[C@@H](CCCc1nc(CNC(=O)C(C)c2ccccc2)nc2ccccc12)C(Cl)Cl. The van der Waals surface area contributed by atoms with Crippen molar-refractivity contribution in [1.82, 2.24) is 15.3 Å². The van der Waals surface area contributed by atoms with Gasteiger partial charge in [0.15, 0.2) is 0 Å². The molecule has 0 aliphatic rings. The van der Waals surface area contributed by atoms with Crippen LogP contribution in [-0.2, 0) is 27.3 Å². The highest BCUT2D eigenvalue weighted by Crippen LogP contribution is 2.24. The average molecular weight is 488 g/mol. The number of benzene rings is 2. The molecule has 2 atom stereocenters. The van der Waals surface area contributed by atoms with Crippen molar-refractivity contribution in [3.63, 3.8) is 0 Å². The molecule has 1 amide bonds. The number of hydrogen-bond donors (Lipinski definition) is 1. The summed E-state index contributed by atoms with van der Waals surface area (Å²) in [4.78, 5) is 33.0. The molecule has 0 spiro atoms. The van der Waals surface area contributed by atoms with Crippen LogP contribution in [0.1, 0.15) is 42.8 Å². The third-order valence-electron chi connectivity index (χ3n) is 5.58. The summed E-state index contributed by atoms with van der Waals surface area (Å²) in [5.41, 5.74) is 2.61. The highest BCUT2D eigenvalue weighted by Gasteiger charge is 2.26. The van der Waals surface area contributed by atoms with E-state index in [0.29, 0.717) is 25.1 Å². The number of hydrogen-bond acceptors (Lipinski definition) is 5. The highest BCUT2D eigenvalue weighted by atomic mass is 35.5. The van der Waals surface area contributed by atoms with Gasteiger partial charge in [0.25, 0.3) is 0 Å². The van der Waals surface area contributed by atoms with Gasteiger partial charge in [0.2, 0.25) is 5.91 Å². The number of carbonyl (C=O) groups excluding carboxylic acids is 2. The third-order valence-corrected chi connectivity index (χ3v) is 6.19. The highest BCUT2D eigenvalue weighted by molar-refractivity contribution is 6.45. The van der Waals surface area contributed by atoms with E-state index in [-0.39, 0.29) is 18.4 Å². The maximum atomic E-state index is 12.6. The van der Waals surface area contributed by atoms with Gasteiger partial charge in [0.1, 0.15) is 10.7 Å². The Morgan fingerprint density at radius 3 is 2.42 bits per heavy atom. The van der Waals surface area contributed by atoms with Crippen LogP contribution in [0.5, 0.6) is 0 Å². The van der Waals surface area contributed by atoms with E-state index in [4.69, 9.17) is 32.9 Å². The minimum Gasteiger partial charge on any atom is -0.469 e. The summed E-state index contributed by atoms with van der Waals surface area (Å²) in [7, 11) is 1.32. The van der Waals surface area contributed by atoms with Crippen LogP contribution in [0.4, 0.5) is 0 Å². The molecule has 1 N–H and O–H groups in total. The molecule has 3 rings (SSSR count). The molecule has 0 fully saturated rings. The van der Waals surface area contributed by atoms with Gasteiger partial charge in [-0.25, -0.2) is 9.97 Å². The van der Waals surface area contributed by atoms with Crippen molar-refractivity contribution in [2.75, 3.05) is 7.11 Å². The quantitative estimate of drug-likeness (QED) is 0.322. The van der Waals surface area contributed by atoms with Crippen LogP contribution in [0.15, 0.2) is 54.6 Å². The van der Waals surface area contributed by atoms with Gasteiger partial charge in [-0.05, 0) is 37.8 Å². The average Bonchev–Trinajstić information content (AvgIpc) is 2.84. The number of amides is 1. The lowest BCUT2D eigenvalue weighted by atomic mass is 10.0. The number of methoxy groups -OCH3 is 1. The molecule has 1 aromatic heterocycles. The number of nitrogens with zero attached hydrogens (tertiary/aromatic N) is 2. The van der Waals surface area contributed by atoms with Crippen LogP contribution in [0, 0.1) is 5.92 Å². The molecule has 1 unspecified atom stereocenters. The molecule has 0 bridgehead atoms. The van der Waals surface area contributed by atoms with E-state index < -0.39 is 16.7 Å². The monoisotopic (exact) mass is 487 g/mol. The zero-order chi connectivity index (χ0) is 23.8. The van der Waals surface area contributed by atoms with Crippen molar-refractivity contribution in [2.45, 2.75) is 43.5 Å². The Labute approximate surface area is 203 Å². The molecular weight excluding hydrogens is 461 g/mol. The summed E-state index contributed by atoms with van der Waals surface area (Å²) in [5.74, 6) is -0.844. The first-order valence-corrected chi connectivity index (χ1v) is 11.7. The molecule has 2 aromatic carbocycles. The second-order valence-corrected chi connectivity index (χ2v) is 8.97. The van der Waals surface area contributed by atoms with Gasteiger partial charge in [-0.2, -0.15) is 0 Å². The second-order valence-electron chi connectivity index (χ2n) is 7.81. The van der Waals surface area contributed by atoms with Gasteiger partial charge in [-0.15, -0.1) is 23.2 Å². The summed E-state index contributed by atoms with van der Waals surface area (Å²) in [6.45, 7) is 2.10. The number of carbonyl (C=O) groups is 2. The summed E-state index contributed by atoms with van der Waals surface area (Å²) in [6.07, 6.45) is 1.73. The fourth-order valence-electron chi connectivity index (χ4n) is 3.66. The van der Waals surface area contributed by atoms with Gasteiger partial charge in [0, 0.05) is 5.39 Å². The van der Waals surface area contributed by atoms with Gasteiger partial charge in [-0.3, -0.25) is 9.59 Å². The molecule has 8 heteroatoms. The number of para-hydroxylation sites is 1. The Morgan fingerprint density at radius 2 is 1.73 bits per heavy atom. The maximum absolute atomic E-state index is 12.6. The zero-order valence-corrected chi connectivity index (χ0v) is 20.1. The molecule has 0 saturated carbocycles. The Hall–Kier alpha value is -2.70. The predicted molar refractivity (Wildman–Crippen MR) is 130 cm³/mol. The van der Waals surface area contributed by atoms with Gasteiger partial charge in [0.05, 0.1) is 36.7 Å². The van der Waals surface area contributed by atoms with Crippen molar-refractivity contribution in [1.29, 1.82) is 0 Å². The standard InChI is InChI=1S/C25H27Cl2N3O3/c1-16(17-9-4-3-5-10-17)24(31)28-15-22-29-20-13-7-6-11-18(20)21(30-22)14-8-12-19(23(26)27)25(32)33-2/h3-7,9-11,13,16,19,23H,8,12,14-15H2,1-2H3,(H,28,31)/t16?,19-/m0/s1. The van der Waals surface area contributed by atoms with E-state index in [1.165, 1.54) is 7.11 Å². The van der Waals surface area contributed by atoms with Crippen molar-refractivity contribution >= 4 is 46.0 Å². The second kappa shape index (κ2) is 12.0. The lowest BCUT2D eigenvalue weighted by Crippen LogP contribution is -2.28. The number of aromatic nitrogens is 2. The zero-order valence-electron chi connectivity index (χ0n) is 18.6. The van der Waals surface area contributed by atoms with Crippen molar-refractivity contribution < 1.29 is 14.3 Å². The summed E-state index contributed by atoms with van der Waals surface area (Å²) < 4.78 is 4.80. The van der Waals surface area contributed by atoms with Crippen molar-refractivity contribution in [3.05, 3.63) is 71.7 Å². The first-order valence-electron chi connectivity index (χ1n) is 10.8. The lowest BCUT2D eigenvalue weighted by Gasteiger charge is -2.16. The Bertz CT molecular complexity index is 1090. The fourth-order valence-corrected chi connectivity index (χ4v) is 4.12. The normalized spacial score (nSPS) is 13.0. The number of alkyl halides is 2. The molecule has 174 valence electrons. The molecule has 6 nitrogen and oxygen atoms in total. The Morgan fingerprint density at radius 1 is 1.03 bits per heavy atom. The van der Waals surface area contributed by atoms with Crippen LogP contribution in [0.2, 0.25) is 0 Å². The van der Waals surface area contributed by atoms with Gasteiger partial charge in [-0.1, -0.05) is 48.5 Å². The fraction of sp³-hybridized carbons (Fsp3) is 0.360. The van der Waals surface area contributed by atoms with E-state index in [1.54, 1.807) is 0 Å². The minimum absolute atomic E-state index is 0.0873. The van der Waals surface area contributed by atoms with E-state index >= 15 is 0 Å². The van der Waals surface area contributed by atoms with E-state index in [9.17, 15) is 9.59 Å². The third kappa shape index (κ3) is 6.65. The van der Waals surface area contributed by atoms with E-state index in [0.717, 1.165) is 22.2 Å². The minimum atomic E-state index is -0.836. The van der Waals surface area contributed by atoms with Crippen LogP contribution < -0.4 is 5.32 Å². The smallest absolute Gasteiger partial charge is 0.311 e. The number of nitrogens with one attached hydrogen (secondary N) is 1. The summed E-state index contributed by atoms with van der Waals surface area (Å²) in [5, 5.41) is 3.88. The molecule has 1 heterocycles. The van der Waals surface area contributed by atoms with Crippen LogP contribution >= 0.6 is 23.2 Å². The summed E-state index contributed by atoms with van der Waals surface area (Å²) in [6, 6.07) is 17.4. The van der Waals surface area contributed by atoms with Crippen LogP contribution in [-0.4, -0.2) is 33.8 Å². The number of rotatable bonds is 10. The van der Waals surface area contributed by atoms with E-state index in [1.807, 2.05) is 61.5 Å². The lowest BCUT2D eigenvalue weighted by molar-refractivity contribution is -0.145. The maximum Gasteiger partial charge on any atom is 0.311 e. The van der Waals surface area contributed by atoms with Gasteiger partial charge >= 0.3 is 5.97 Å². The Kier molecular flexibility index (Phi) is 9.03. The molecule has 0 aliphatic carbocycles. The topological polar surface area (TPSA) is 81.2 Å². The summed E-state index contributed by atoms with van der Waals surface area (Å²) >= 11 is 11.9. The van der Waals surface area contributed by atoms with Crippen LogP contribution in [0.25, 0.3) is 10.9 Å². The largest absolute Gasteiger partial charge is 0.469 e. The number of aryl methyl sites for hydroxylation is 1. The number of fused-ring (bicyclic) bond motifs is 1. The molecular formula is C25H27Cl2N3O3.